The van der Waals surface area contributed by atoms with E-state index in [0.717, 1.165) is 17.9 Å². The highest BCUT2D eigenvalue weighted by Gasteiger charge is 1.97. The van der Waals surface area contributed by atoms with Crippen LogP contribution < -0.4 is 0 Å². The molecule has 0 saturated carbocycles. The van der Waals surface area contributed by atoms with Gasteiger partial charge >= 0.3 is 0 Å². The molecule has 0 rings (SSSR count). The van der Waals surface area contributed by atoms with Crippen LogP contribution in [-0.4, -0.2) is 16.8 Å². The molecular formula is C9H13ClS2. The van der Waals surface area contributed by atoms with Crippen LogP contribution in [0.2, 0.25) is 0 Å². The van der Waals surface area contributed by atoms with Crippen molar-refractivity contribution in [1.82, 2.24) is 0 Å². The third-order valence-corrected chi connectivity index (χ3v) is 2.90. The molecule has 0 N–H and O–H groups in total. The maximum absolute atomic E-state index is 5.59. The van der Waals surface area contributed by atoms with E-state index in [9.17, 15) is 0 Å². The molecule has 0 aliphatic rings. The maximum atomic E-state index is 5.59. The molecule has 0 bridgehead atoms. The number of halogens is 1. The first-order chi connectivity index (χ1) is 5.66. The van der Waals surface area contributed by atoms with Gasteiger partial charge in [0.25, 0.3) is 0 Å². The summed E-state index contributed by atoms with van der Waals surface area (Å²) in [6, 6.07) is 0. The molecule has 0 radical (unpaired) electrons. The Morgan fingerprint density at radius 2 is 2.42 bits per heavy atom. The zero-order chi connectivity index (χ0) is 9.40. The van der Waals surface area contributed by atoms with Gasteiger partial charge in [0.15, 0.2) is 0 Å². The van der Waals surface area contributed by atoms with Crippen LogP contribution in [0.3, 0.4) is 0 Å². The minimum absolute atomic E-state index is 0.263. The van der Waals surface area contributed by atoms with Crippen LogP contribution in [0.1, 0.15) is 6.42 Å². The van der Waals surface area contributed by atoms with Crippen LogP contribution in [0, 0.1) is 0 Å². The number of hydrogen-bond acceptors (Lipinski definition) is 2. The third kappa shape index (κ3) is 8.35. The largest absolute Gasteiger partial charge is 0.171 e. The molecule has 0 aliphatic carbocycles. The van der Waals surface area contributed by atoms with Crippen molar-refractivity contribution in [2.75, 3.05) is 11.5 Å². The van der Waals surface area contributed by atoms with E-state index in [-0.39, 0.29) is 5.25 Å². The second-order valence-electron chi connectivity index (χ2n) is 2.30. The summed E-state index contributed by atoms with van der Waals surface area (Å²) in [5.74, 6) is 1.86. The summed E-state index contributed by atoms with van der Waals surface area (Å²) >= 11 is 11.7. The number of thioether (sulfide) groups is 1. The van der Waals surface area contributed by atoms with Gasteiger partial charge in [-0.15, -0.1) is 5.73 Å². The van der Waals surface area contributed by atoms with E-state index < -0.39 is 0 Å². The minimum atomic E-state index is 0.263. The van der Waals surface area contributed by atoms with Gasteiger partial charge in [-0.25, -0.2) is 0 Å². The zero-order valence-electron chi connectivity index (χ0n) is 6.92. The van der Waals surface area contributed by atoms with Crippen LogP contribution in [0.25, 0.3) is 0 Å². The second-order valence-corrected chi connectivity index (χ2v) is 4.60. The highest BCUT2D eigenvalue weighted by molar-refractivity contribution is 7.99. The van der Waals surface area contributed by atoms with Crippen molar-refractivity contribution < 1.29 is 0 Å². The molecule has 0 aromatic carbocycles. The standard InChI is InChI=1S/C9H13ClS2/c1-3-4-9(11)5-6-12-7-8(2)10/h4,9,11H,1-2,5-7H2. The van der Waals surface area contributed by atoms with Crippen molar-refractivity contribution >= 4 is 36.0 Å². The van der Waals surface area contributed by atoms with Crippen molar-refractivity contribution in [2.45, 2.75) is 11.7 Å². The minimum Gasteiger partial charge on any atom is -0.171 e. The maximum Gasteiger partial charge on any atom is 0.0286 e. The lowest BCUT2D eigenvalue weighted by atomic mass is 10.3. The molecule has 0 aliphatic heterocycles. The topological polar surface area (TPSA) is 0 Å². The van der Waals surface area contributed by atoms with Crippen molar-refractivity contribution in [2.24, 2.45) is 0 Å². The SMILES string of the molecule is C=C=CC(S)CCSCC(=C)Cl. The average Bonchev–Trinajstić information content (AvgIpc) is 1.98. The molecule has 0 aromatic rings. The fraction of sp³-hybridized carbons (Fsp3) is 0.444. The third-order valence-electron chi connectivity index (χ3n) is 1.13. The Morgan fingerprint density at radius 1 is 1.75 bits per heavy atom. The van der Waals surface area contributed by atoms with Crippen molar-refractivity contribution in [3.8, 4) is 0 Å². The fourth-order valence-corrected chi connectivity index (χ4v) is 2.03. The van der Waals surface area contributed by atoms with Crippen LogP contribution in [0.15, 0.2) is 30.0 Å². The summed E-state index contributed by atoms with van der Waals surface area (Å²) in [6.45, 7) is 7.09. The van der Waals surface area contributed by atoms with Gasteiger partial charge in [-0.1, -0.05) is 24.8 Å². The van der Waals surface area contributed by atoms with E-state index in [2.05, 4.69) is 31.5 Å². The highest BCUT2D eigenvalue weighted by atomic mass is 35.5. The smallest absolute Gasteiger partial charge is 0.0286 e. The second kappa shape index (κ2) is 7.88. The molecule has 0 nitrogen and oxygen atoms in total. The summed E-state index contributed by atoms with van der Waals surface area (Å²) in [6.07, 6.45) is 2.87. The van der Waals surface area contributed by atoms with Gasteiger partial charge in [-0.05, 0) is 18.2 Å². The van der Waals surface area contributed by atoms with Gasteiger partial charge in [0, 0.05) is 16.0 Å². The van der Waals surface area contributed by atoms with Gasteiger partial charge < -0.3 is 0 Å². The van der Waals surface area contributed by atoms with Crippen molar-refractivity contribution in [1.29, 1.82) is 0 Å². The first-order valence-electron chi connectivity index (χ1n) is 3.62. The normalized spacial score (nSPS) is 11.8. The lowest BCUT2D eigenvalue weighted by Gasteiger charge is -2.02. The number of rotatable bonds is 6. The van der Waals surface area contributed by atoms with Crippen LogP contribution in [0.4, 0.5) is 0 Å². The zero-order valence-corrected chi connectivity index (χ0v) is 9.39. The molecule has 68 valence electrons. The van der Waals surface area contributed by atoms with Gasteiger partial charge in [0.05, 0.1) is 0 Å². The molecule has 3 heteroatoms. The molecule has 0 fully saturated rings. The first-order valence-corrected chi connectivity index (χ1v) is 5.66. The summed E-state index contributed by atoms with van der Waals surface area (Å²) in [5, 5.41) is 0.966. The van der Waals surface area contributed by atoms with Crippen molar-refractivity contribution in [3.05, 3.63) is 30.0 Å². The van der Waals surface area contributed by atoms with Gasteiger partial charge in [0.1, 0.15) is 0 Å². The van der Waals surface area contributed by atoms with E-state index in [0.29, 0.717) is 5.03 Å². The van der Waals surface area contributed by atoms with Crippen LogP contribution in [-0.2, 0) is 0 Å². The van der Waals surface area contributed by atoms with Gasteiger partial charge in [0.2, 0.25) is 0 Å². The Bertz CT molecular complexity index is 183. The monoisotopic (exact) mass is 220 g/mol. The number of thiol groups is 1. The molecular weight excluding hydrogens is 208 g/mol. The van der Waals surface area contributed by atoms with E-state index in [1.165, 1.54) is 0 Å². The Balaban J connectivity index is 3.31. The van der Waals surface area contributed by atoms with Gasteiger partial charge in [-0.2, -0.15) is 24.4 Å². The molecule has 0 amide bonds. The Hall–Kier alpha value is 0.250. The van der Waals surface area contributed by atoms with Crippen LogP contribution >= 0.6 is 36.0 Å². The van der Waals surface area contributed by atoms with E-state index in [4.69, 9.17) is 11.6 Å². The van der Waals surface area contributed by atoms with E-state index in [1.54, 1.807) is 11.8 Å². The molecule has 1 atom stereocenters. The Labute approximate surface area is 89.2 Å². The molecule has 0 saturated heterocycles. The molecule has 12 heavy (non-hydrogen) atoms. The molecule has 1 unspecified atom stereocenters. The van der Waals surface area contributed by atoms with Gasteiger partial charge in [-0.3, -0.25) is 0 Å². The molecule has 0 aromatic heterocycles. The summed E-state index contributed by atoms with van der Waals surface area (Å²) in [5.41, 5.74) is 2.71. The van der Waals surface area contributed by atoms with E-state index >= 15 is 0 Å². The highest BCUT2D eigenvalue weighted by Crippen LogP contribution is 2.13. The molecule has 0 spiro atoms. The average molecular weight is 221 g/mol. The Kier molecular flexibility index (Phi) is 8.04. The van der Waals surface area contributed by atoms with Crippen molar-refractivity contribution in [3.63, 3.8) is 0 Å². The summed E-state index contributed by atoms with van der Waals surface area (Å²) in [4.78, 5) is 0. The summed E-state index contributed by atoms with van der Waals surface area (Å²) < 4.78 is 0. The summed E-state index contributed by atoms with van der Waals surface area (Å²) in [7, 11) is 0. The lowest BCUT2D eigenvalue weighted by molar-refractivity contribution is 0.999. The van der Waals surface area contributed by atoms with E-state index in [1.807, 2.05) is 6.08 Å². The molecule has 0 heterocycles. The predicted octanol–water partition coefficient (Wildman–Crippen LogP) is 3.50. The predicted molar refractivity (Wildman–Crippen MR) is 63.4 cm³/mol. The van der Waals surface area contributed by atoms with Crippen LogP contribution in [0.5, 0.6) is 0 Å². The number of hydrogen-bond donors (Lipinski definition) is 1. The first kappa shape index (κ1) is 12.2. The fourth-order valence-electron chi connectivity index (χ4n) is 0.606. The Morgan fingerprint density at radius 3 is 2.92 bits per heavy atom. The lowest BCUT2D eigenvalue weighted by Crippen LogP contribution is -1.95. The quantitative estimate of drug-likeness (QED) is 0.406.